The first-order chi connectivity index (χ1) is 6.02. The molecule has 0 saturated carbocycles. The van der Waals surface area contributed by atoms with Gasteiger partial charge in [-0.1, -0.05) is 6.07 Å². The van der Waals surface area contributed by atoms with Crippen molar-refractivity contribution in [3.8, 4) is 0 Å². The Morgan fingerprint density at radius 3 is 2.62 bits per heavy atom. The van der Waals surface area contributed by atoms with E-state index in [4.69, 9.17) is 5.73 Å². The average Bonchev–Trinajstić information content (AvgIpc) is 2.06. The fourth-order valence-corrected chi connectivity index (χ4v) is 1.55. The summed E-state index contributed by atoms with van der Waals surface area (Å²) in [5.74, 6) is -1.70. The topological polar surface area (TPSA) is 26.0 Å². The summed E-state index contributed by atoms with van der Waals surface area (Å²) in [6, 6.07) is 2.57. The Hall–Kier alpha value is -0.480. The van der Waals surface area contributed by atoms with Crippen LogP contribution >= 0.6 is 15.9 Å². The molecule has 4 heteroatoms. The van der Waals surface area contributed by atoms with Gasteiger partial charge in [0.25, 0.3) is 0 Å². The zero-order valence-electron chi connectivity index (χ0n) is 7.15. The van der Waals surface area contributed by atoms with E-state index in [-0.39, 0.29) is 10.5 Å². The number of rotatable bonds is 2. The van der Waals surface area contributed by atoms with E-state index in [1.165, 1.54) is 6.07 Å². The highest BCUT2D eigenvalue weighted by Crippen LogP contribution is 2.23. The molecule has 0 aliphatic carbocycles. The number of halogens is 3. The van der Waals surface area contributed by atoms with E-state index < -0.39 is 11.6 Å². The van der Waals surface area contributed by atoms with E-state index in [1.54, 1.807) is 0 Å². The minimum absolute atomic E-state index is 0.0684. The maximum absolute atomic E-state index is 13.0. The van der Waals surface area contributed by atoms with Gasteiger partial charge in [-0.05, 0) is 40.9 Å². The molecule has 1 nitrogen and oxygen atoms in total. The third-order valence-corrected chi connectivity index (χ3v) is 2.51. The van der Waals surface area contributed by atoms with Crippen LogP contribution in [0.5, 0.6) is 0 Å². The molecule has 0 amide bonds. The normalized spacial score (nSPS) is 13.0. The van der Waals surface area contributed by atoms with Crippen LogP contribution in [0.25, 0.3) is 0 Å². The fraction of sp³-hybridized carbons (Fsp3) is 0.333. The smallest absolute Gasteiger partial charge is 0.173 e. The minimum Gasteiger partial charge on any atom is -0.328 e. The van der Waals surface area contributed by atoms with E-state index in [9.17, 15) is 8.78 Å². The van der Waals surface area contributed by atoms with Crippen LogP contribution in [0.2, 0.25) is 0 Å². The third kappa shape index (κ3) is 2.48. The summed E-state index contributed by atoms with van der Waals surface area (Å²) in [6.07, 6.45) is 0.526. The second kappa shape index (κ2) is 4.15. The minimum atomic E-state index is -0.849. The van der Waals surface area contributed by atoms with Crippen molar-refractivity contribution >= 4 is 15.9 Å². The molecule has 0 fully saturated rings. The lowest BCUT2D eigenvalue weighted by molar-refractivity contribution is 0.501. The van der Waals surface area contributed by atoms with Crippen LogP contribution in [0.1, 0.15) is 12.5 Å². The van der Waals surface area contributed by atoms with Gasteiger partial charge in [0.15, 0.2) is 11.6 Å². The SMILES string of the molecule is C[C@H](N)Cc1ccc(F)c(F)c1Br. The van der Waals surface area contributed by atoms with Crippen molar-refractivity contribution in [2.75, 3.05) is 0 Å². The highest BCUT2D eigenvalue weighted by atomic mass is 79.9. The van der Waals surface area contributed by atoms with Gasteiger partial charge in [0.1, 0.15) is 0 Å². The highest BCUT2D eigenvalue weighted by Gasteiger charge is 2.11. The molecule has 0 spiro atoms. The Labute approximate surface area is 84.1 Å². The van der Waals surface area contributed by atoms with Crippen molar-refractivity contribution in [3.63, 3.8) is 0 Å². The molecule has 0 unspecified atom stereocenters. The van der Waals surface area contributed by atoms with Gasteiger partial charge in [-0.2, -0.15) is 0 Å². The van der Waals surface area contributed by atoms with Crippen LogP contribution in [-0.2, 0) is 6.42 Å². The predicted octanol–water partition coefficient (Wildman–Crippen LogP) is 2.62. The summed E-state index contributed by atoms with van der Waals surface area (Å²) < 4.78 is 25.8. The van der Waals surface area contributed by atoms with Crippen LogP contribution in [0.4, 0.5) is 8.78 Å². The number of nitrogens with two attached hydrogens (primary N) is 1. The Bertz CT molecular complexity index is 313. The molecule has 0 aliphatic rings. The molecule has 1 aromatic rings. The first-order valence-electron chi connectivity index (χ1n) is 3.90. The number of hydrogen-bond acceptors (Lipinski definition) is 1. The van der Waals surface area contributed by atoms with Crippen LogP contribution in [0.3, 0.4) is 0 Å². The monoisotopic (exact) mass is 249 g/mol. The van der Waals surface area contributed by atoms with Gasteiger partial charge < -0.3 is 5.73 Å². The lowest BCUT2D eigenvalue weighted by Gasteiger charge is -2.08. The average molecular weight is 250 g/mol. The van der Waals surface area contributed by atoms with Crippen molar-refractivity contribution in [1.29, 1.82) is 0 Å². The molecule has 1 aromatic carbocycles. The summed E-state index contributed by atoms with van der Waals surface area (Å²) in [4.78, 5) is 0. The lowest BCUT2D eigenvalue weighted by atomic mass is 10.1. The molecule has 1 rings (SSSR count). The Morgan fingerprint density at radius 1 is 1.46 bits per heavy atom. The van der Waals surface area contributed by atoms with Crippen molar-refractivity contribution in [1.82, 2.24) is 0 Å². The highest BCUT2D eigenvalue weighted by molar-refractivity contribution is 9.10. The van der Waals surface area contributed by atoms with Gasteiger partial charge in [-0.25, -0.2) is 8.78 Å². The maximum Gasteiger partial charge on any atom is 0.173 e. The van der Waals surface area contributed by atoms with E-state index in [0.717, 1.165) is 6.07 Å². The Balaban J connectivity index is 3.04. The lowest BCUT2D eigenvalue weighted by Crippen LogP contribution is -2.18. The second-order valence-corrected chi connectivity index (χ2v) is 3.81. The van der Waals surface area contributed by atoms with Gasteiger partial charge in [0, 0.05) is 6.04 Å². The van der Waals surface area contributed by atoms with Crippen molar-refractivity contribution in [2.24, 2.45) is 5.73 Å². The van der Waals surface area contributed by atoms with Gasteiger partial charge in [-0.15, -0.1) is 0 Å². The second-order valence-electron chi connectivity index (χ2n) is 3.02. The van der Waals surface area contributed by atoms with E-state index >= 15 is 0 Å². The summed E-state index contributed by atoms with van der Waals surface area (Å²) >= 11 is 2.99. The quantitative estimate of drug-likeness (QED) is 0.802. The van der Waals surface area contributed by atoms with Crippen molar-refractivity contribution < 1.29 is 8.78 Å². The largest absolute Gasteiger partial charge is 0.328 e. The standard InChI is InChI=1S/C9H10BrF2N/c1-5(13)4-6-2-3-7(11)9(12)8(6)10/h2-3,5H,4,13H2,1H3/t5-/m0/s1. The van der Waals surface area contributed by atoms with E-state index in [0.29, 0.717) is 12.0 Å². The molecule has 0 saturated heterocycles. The number of hydrogen-bond donors (Lipinski definition) is 1. The van der Waals surface area contributed by atoms with Crippen molar-refractivity contribution in [3.05, 3.63) is 33.8 Å². The fourth-order valence-electron chi connectivity index (χ4n) is 1.07. The molecule has 0 bridgehead atoms. The van der Waals surface area contributed by atoms with Crippen LogP contribution in [0.15, 0.2) is 16.6 Å². The maximum atomic E-state index is 13.0. The first kappa shape index (κ1) is 10.6. The molecular formula is C9H10BrF2N. The number of benzene rings is 1. The molecule has 0 radical (unpaired) electrons. The first-order valence-corrected chi connectivity index (χ1v) is 4.69. The Morgan fingerprint density at radius 2 is 2.08 bits per heavy atom. The summed E-state index contributed by atoms with van der Waals surface area (Å²) in [7, 11) is 0. The van der Waals surface area contributed by atoms with E-state index in [2.05, 4.69) is 15.9 Å². The summed E-state index contributed by atoms with van der Waals surface area (Å²) in [5.41, 5.74) is 6.23. The zero-order valence-corrected chi connectivity index (χ0v) is 8.74. The summed E-state index contributed by atoms with van der Waals surface area (Å²) in [5, 5.41) is 0. The van der Waals surface area contributed by atoms with Crippen LogP contribution in [-0.4, -0.2) is 6.04 Å². The molecule has 13 heavy (non-hydrogen) atoms. The summed E-state index contributed by atoms with van der Waals surface area (Å²) in [6.45, 7) is 1.81. The van der Waals surface area contributed by atoms with Gasteiger partial charge in [0.05, 0.1) is 4.47 Å². The van der Waals surface area contributed by atoms with Gasteiger partial charge >= 0.3 is 0 Å². The van der Waals surface area contributed by atoms with E-state index in [1.807, 2.05) is 6.92 Å². The van der Waals surface area contributed by atoms with Crippen LogP contribution in [0, 0.1) is 11.6 Å². The van der Waals surface area contributed by atoms with Crippen molar-refractivity contribution in [2.45, 2.75) is 19.4 Å². The predicted molar refractivity (Wildman–Crippen MR) is 51.4 cm³/mol. The molecule has 2 N–H and O–H groups in total. The third-order valence-electron chi connectivity index (χ3n) is 1.66. The van der Waals surface area contributed by atoms with Gasteiger partial charge in [-0.3, -0.25) is 0 Å². The molecule has 1 atom stereocenters. The molecule has 72 valence electrons. The molecule has 0 aliphatic heterocycles. The Kier molecular flexibility index (Phi) is 3.39. The van der Waals surface area contributed by atoms with Gasteiger partial charge in [0.2, 0.25) is 0 Å². The molecular weight excluding hydrogens is 240 g/mol. The molecule has 0 aromatic heterocycles. The zero-order chi connectivity index (χ0) is 10.0. The molecule has 0 heterocycles. The van der Waals surface area contributed by atoms with Crippen LogP contribution < -0.4 is 5.73 Å².